The number of pyridine rings is 1. The van der Waals surface area contributed by atoms with Crippen LogP contribution in [0.5, 0.6) is 0 Å². The van der Waals surface area contributed by atoms with Crippen molar-refractivity contribution in [3.63, 3.8) is 0 Å². The molecule has 0 aliphatic heterocycles. The molecule has 1 rings (SSSR count). The van der Waals surface area contributed by atoms with Gasteiger partial charge in [-0.25, -0.2) is 23.4 Å². The van der Waals surface area contributed by atoms with Gasteiger partial charge in [0.25, 0.3) is 6.43 Å². The van der Waals surface area contributed by atoms with Crippen molar-refractivity contribution < 1.29 is 23.2 Å². The number of H-pyrrole nitrogens is 1. The van der Waals surface area contributed by atoms with Gasteiger partial charge in [-0.2, -0.15) is 0 Å². The maximum Gasteiger partial charge on any atom is 0.347 e. The Hall–Kier alpha value is -2.32. The van der Waals surface area contributed by atoms with Crippen LogP contribution < -0.4 is 5.56 Å². The predicted molar refractivity (Wildman–Crippen MR) is 50.0 cm³/mol. The van der Waals surface area contributed by atoms with E-state index in [1.54, 1.807) is 4.98 Å². The van der Waals surface area contributed by atoms with Crippen LogP contribution in [-0.2, 0) is 4.74 Å². The summed E-state index contributed by atoms with van der Waals surface area (Å²) in [5, 5.41) is 10.4. The van der Waals surface area contributed by atoms with Gasteiger partial charge in [0, 0.05) is 11.6 Å². The number of carbonyl (C=O) groups excluding carboxylic acids is 1. The van der Waals surface area contributed by atoms with Crippen LogP contribution in [0.4, 0.5) is 14.6 Å². The van der Waals surface area contributed by atoms with Gasteiger partial charge in [-0.15, -0.1) is 0 Å². The van der Waals surface area contributed by atoms with E-state index in [-0.39, 0.29) is 0 Å². The van der Waals surface area contributed by atoms with Crippen LogP contribution >= 0.6 is 0 Å². The van der Waals surface area contributed by atoms with Crippen LogP contribution in [0.2, 0.25) is 0 Å². The van der Waals surface area contributed by atoms with Gasteiger partial charge in [0.2, 0.25) is 0 Å². The van der Waals surface area contributed by atoms with Crippen molar-refractivity contribution in [1.82, 2.24) is 4.98 Å². The lowest BCUT2D eigenvalue weighted by Gasteiger charge is -2.05. The second kappa shape index (κ2) is 4.68. The summed E-state index contributed by atoms with van der Waals surface area (Å²) in [4.78, 5) is 33.4. The molecule has 0 aromatic carbocycles. The molecule has 0 radical (unpaired) electrons. The number of halogens is 2. The first-order valence-corrected chi connectivity index (χ1v) is 4.16. The van der Waals surface area contributed by atoms with Crippen molar-refractivity contribution in [1.29, 1.82) is 0 Å². The van der Waals surface area contributed by atoms with E-state index < -0.39 is 39.8 Å². The summed E-state index contributed by atoms with van der Waals surface area (Å²) in [7, 11) is 0.901. The molecule has 1 aromatic rings. The van der Waals surface area contributed by atoms with Crippen molar-refractivity contribution >= 4 is 11.8 Å². The number of aromatic amines is 1. The second-order valence-electron chi connectivity index (χ2n) is 2.86. The largest absolute Gasteiger partial charge is 0.465 e. The molecule has 0 spiro atoms. The lowest BCUT2D eigenvalue weighted by atomic mass is 10.1. The molecule has 0 aliphatic rings. The smallest absolute Gasteiger partial charge is 0.347 e. The Bertz CT molecular complexity index is 525. The number of nitro groups is 1. The van der Waals surface area contributed by atoms with E-state index in [0.29, 0.717) is 6.07 Å². The molecular weight excluding hydrogens is 242 g/mol. The highest BCUT2D eigenvalue weighted by Crippen LogP contribution is 2.23. The Morgan fingerprint density at radius 3 is 2.59 bits per heavy atom. The number of aromatic nitrogens is 1. The van der Waals surface area contributed by atoms with E-state index in [4.69, 9.17) is 0 Å². The fraction of sp³-hybridized carbons (Fsp3) is 0.250. The van der Waals surface area contributed by atoms with E-state index >= 15 is 0 Å². The van der Waals surface area contributed by atoms with Gasteiger partial charge < -0.3 is 14.9 Å². The maximum absolute atomic E-state index is 12.6. The van der Waals surface area contributed by atoms with E-state index in [1.807, 2.05) is 0 Å². The topological polar surface area (TPSA) is 102 Å². The first-order valence-electron chi connectivity index (χ1n) is 4.16. The zero-order valence-corrected chi connectivity index (χ0v) is 8.40. The molecule has 0 unspecified atom stereocenters. The first-order chi connectivity index (χ1) is 7.88. The van der Waals surface area contributed by atoms with Crippen LogP contribution in [0.3, 0.4) is 0 Å². The molecule has 1 aromatic heterocycles. The fourth-order valence-electron chi connectivity index (χ4n) is 1.15. The van der Waals surface area contributed by atoms with Crippen molar-refractivity contribution in [2.45, 2.75) is 6.43 Å². The maximum atomic E-state index is 12.6. The SMILES string of the molecule is COC(=O)c1c(C(F)F)cc([N+](=O)[O-])[nH]c1=O. The highest BCUT2D eigenvalue weighted by molar-refractivity contribution is 5.90. The number of alkyl halides is 2. The lowest BCUT2D eigenvalue weighted by molar-refractivity contribution is -0.389. The average Bonchev–Trinajstić information content (AvgIpc) is 2.26. The molecule has 0 bridgehead atoms. The Kier molecular flexibility index (Phi) is 3.51. The molecule has 0 aliphatic carbocycles. The summed E-state index contributed by atoms with van der Waals surface area (Å²) >= 11 is 0. The minimum Gasteiger partial charge on any atom is -0.465 e. The molecule has 9 heteroatoms. The van der Waals surface area contributed by atoms with Gasteiger partial charge in [0.1, 0.15) is 0 Å². The van der Waals surface area contributed by atoms with Crippen LogP contribution in [0.25, 0.3) is 0 Å². The third-order valence-electron chi connectivity index (χ3n) is 1.87. The molecular formula is C8H6F2N2O5. The molecule has 0 fully saturated rings. The minimum absolute atomic E-state index is 0.429. The summed E-state index contributed by atoms with van der Waals surface area (Å²) in [5.74, 6) is -2.20. The number of esters is 1. The number of nitrogens with one attached hydrogen (secondary N) is 1. The van der Waals surface area contributed by atoms with E-state index in [1.165, 1.54) is 0 Å². The van der Waals surface area contributed by atoms with Crippen LogP contribution in [-0.4, -0.2) is 23.0 Å². The summed E-state index contributed by atoms with van der Waals surface area (Å²) in [5.41, 5.74) is -3.26. The zero-order chi connectivity index (χ0) is 13.2. The Morgan fingerprint density at radius 2 is 2.18 bits per heavy atom. The first kappa shape index (κ1) is 12.7. The highest BCUT2D eigenvalue weighted by Gasteiger charge is 2.27. The number of hydrogen-bond donors (Lipinski definition) is 1. The van der Waals surface area contributed by atoms with E-state index in [0.717, 1.165) is 7.11 Å². The van der Waals surface area contributed by atoms with Crippen molar-refractivity contribution in [2.75, 3.05) is 7.11 Å². The lowest BCUT2D eigenvalue weighted by Crippen LogP contribution is -2.22. The molecule has 92 valence electrons. The number of ether oxygens (including phenoxy) is 1. The minimum atomic E-state index is -3.20. The van der Waals surface area contributed by atoms with Gasteiger partial charge in [-0.3, -0.25) is 0 Å². The van der Waals surface area contributed by atoms with Gasteiger partial charge >= 0.3 is 17.3 Å². The van der Waals surface area contributed by atoms with Gasteiger partial charge in [0.05, 0.1) is 7.11 Å². The predicted octanol–water partition coefficient (Wildman–Crippen LogP) is 1.01. The number of rotatable bonds is 3. The summed E-state index contributed by atoms with van der Waals surface area (Å²) < 4.78 is 29.3. The summed E-state index contributed by atoms with van der Waals surface area (Å²) in [6.07, 6.45) is -3.20. The van der Waals surface area contributed by atoms with Crippen LogP contribution in [0.15, 0.2) is 10.9 Å². The van der Waals surface area contributed by atoms with Gasteiger partial charge in [-0.1, -0.05) is 0 Å². The van der Waals surface area contributed by atoms with Crippen LogP contribution in [0, 0.1) is 10.1 Å². The average molecular weight is 248 g/mol. The molecule has 0 saturated carbocycles. The third-order valence-corrected chi connectivity index (χ3v) is 1.87. The van der Waals surface area contributed by atoms with Crippen molar-refractivity contribution in [3.8, 4) is 0 Å². The molecule has 0 atom stereocenters. The Balaban J connectivity index is 3.55. The van der Waals surface area contributed by atoms with Gasteiger partial charge in [-0.05, 0) is 4.92 Å². The van der Waals surface area contributed by atoms with Crippen LogP contribution in [0.1, 0.15) is 22.3 Å². The molecule has 1 N–H and O–H groups in total. The van der Waals surface area contributed by atoms with Crippen molar-refractivity contribution in [3.05, 3.63) is 37.7 Å². The number of hydrogen-bond acceptors (Lipinski definition) is 5. The zero-order valence-electron chi connectivity index (χ0n) is 8.40. The van der Waals surface area contributed by atoms with E-state index in [9.17, 15) is 28.5 Å². The normalized spacial score (nSPS) is 10.4. The summed E-state index contributed by atoms with van der Waals surface area (Å²) in [6.45, 7) is 0. The summed E-state index contributed by atoms with van der Waals surface area (Å²) in [6, 6.07) is 0.429. The molecule has 0 amide bonds. The molecule has 17 heavy (non-hydrogen) atoms. The monoisotopic (exact) mass is 248 g/mol. The van der Waals surface area contributed by atoms with E-state index in [2.05, 4.69) is 4.74 Å². The molecule has 1 heterocycles. The number of carbonyl (C=O) groups is 1. The highest BCUT2D eigenvalue weighted by atomic mass is 19.3. The number of nitrogens with zero attached hydrogens (tertiary/aromatic N) is 1. The molecule has 7 nitrogen and oxygen atoms in total. The second-order valence-corrected chi connectivity index (χ2v) is 2.86. The van der Waals surface area contributed by atoms with Gasteiger partial charge in [0.15, 0.2) is 5.56 Å². The Labute approximate surface area is 92.2 Å². The fourth-order valence-corrected chi connectivity index (χ4v) is 1.15. The molecule has 0 saturated heterocycles. The standard InChI is InChI=1S/C8H6F2N2O5/c1-17-8(14)5-3(6(9)10)2-4(12(15)16)11-7(5)13/h2,6H,1H3,(H,11,13). The van der Waals surface area contributed by atoms with Crippen molar-refractivity contribution in [2.24, 2.45) is 0 Å². The number of methoxy groups -OCH3 is 1. The third kappa shape index (κ3) is 2.44. The Morgan fingerprint density at radius 1 is 1.59 bits per heavy atom. The quantitative estimate of drug-likeness (QED) is 0.488.